The Balaban J connectivity index is 2.22. The van der Waals surface area contributed by atoms with E-state index in [4.69, 9.17) is 4.74 Å². The fourth-order valence-electron chi connectivity index (χ4n) is 1.92. The van der Waals surface area contributed by atoms with Crippen LogP contribution in [0.4, 0.5) is 0 Å². The Kier molecular flexibility index (Phi) is 2.73. The molecule has 76 valence electrons. The van der Waals surface area contributed by atoms with Crippen LogP contribution in [0.25, 0.3) is 0 Å². The van der Waals surface area contributed by atoms with Crippen molar-refractivity contribution in [2.45, 2.75) is 32.4 Å². The molecular weight excluding hydrogens is 174 g/mol. The van der Waals surface area contributed by atoms with Crippen LogP contribution in [0.3, 0.4) is 0 Å². The minimum absolute atomic E-state index is 0.458. The maximum Gasteiger partial charge on any atom is 0.124 e. The summed E-state index contributed by atoms with van der Waals surface area (Å²) in [5.41, 5.74) is 1.30. The standard InChI is InChI=1S/C12H17NO/c1-9(2)13-11-7-8-14-12-6-4-3-5-10(11)12/h3-6,9,11,13H,7-8H2,1-2H3. The molecule has 1 heterocycles. The van der Waals surface area contributed by atoms with Gasteiger partial charge in [0.1, 0.15) is 5.75 Å². The highest BCUT2D eigenvalue weighted by molar-refractivity contribution is 5.37. The van der Waals surface area contributed by atoms with Crippen molar-refractivity contribution in [1.82, 2.24) is 5.32 Å². The topological polar surface area (TPSA) is 21.3 Å². The van der Waals surface area contributed by atoms with Gasteiger partial charge in [0.05, 0.1) is 6.61 Å². The molecule has 0 aromatic heterocycles. The Morgan fingerprint density at radius 1 is 1.36 bits per heavy atom. The highest BCUT2D eigenvalue weighted by Gasteiger charge is 2.20. The van der Waals surface area contributed by atoms with Gasteiger partial charge in [0.2, 0.25) is 0 Å². The zero-order valence-electron chi connectivity index (χ0n) is 8.79. The van der Waals surface area contributed by atoms with Crippen LogP contribution in [0.15, 0.2) is 24.3 Å². The molecule has 0 saturated heterocycles. The first-order valence-corrected chi connectivity index (χ1v) is 5.25. The number of hydrogen-bond acceptors (Lipinski definition) is 2. The molecule has 2 nitrogen and oxygen atoms in total. The van der Waals surface area contributed by atoms with Gasteiger partial charge in [-0.25, -0.2) is 0 Å². The number of fused-ring (bicyclic) bond motifs is 1. The average Bonchev–Trinajstić information content (AvgIpc) is 2.18. The molecule has 1 aromatic carbocycles. The predicted octanol–water partition coefficient (Wildman–Crippen LogP) is 2.51. The van der Waals surface area contributed by atoms with Crippen molar-refractivity contribution in [2.24, 2.45) is 0 Å². The first kappa shape index (κ1) is 9.53. The Morgan fingerprint density at radius 2 is 2.14 bits per heavy atom. The van der Waals surface area contributed by atoms with E-state index in [1.54, 1.807) is 0 Å². The van der Waals surface area contributed by atoms with Crippen molar-refractivity contribution in [3.63, 3.8) is 0 Å². The van der Waals surface area contributed by atoms with Gasteiger partial charge in [-0.05, 0) is 6.07 Å². The van der Waals surface area contributed by atoms with E-state index in [1.807, 2.05) is 12.1 Å². The van der Waals surface area contributed by atoms with E-state index < -0.39 is 0 Å². The molecule has 1 N–H and O–H groups in total. The van der Waals surface area contributed by atoms with E-state index >= 15 is 0 Å². The van der Waals surface area contributed by atoms with E-state index in [-0.39, 0.29) is 0 Å². The summed E-state index contributed by atoms with van der Waals surface area (Å²) in [6, 6.07) is 9.27. The minimum atomic E-state index is 0.458. The maximum absolute atomic E-state index is 5.60. The van der Waals surface area contributed by atoms with Crippen LogP contribution in [0.5, 0.6) is 5.75 Å². The Morgan fingerprint density at radius 3 is 2.93 bits per heavy atom. The van der Waals surface area contributed by atoms with Crippen molar-refractivity contribution in [1.29, 1.82) is 0 Å². The largest absolute Gasteiger partial charge is 0.493 e. The van der Waals surface area contributed by atoms with Gasteiger partial charge in [0.25, 0.3) is 0 Å². The Bertz CT molecular complexity index is 309. The van der Waals surface area contributed by atoms with Gasteiger partial charge in [-0.3, -0.25) is 0 Å². The van der Waals surface area contributed by atoms with Gasteiger partial charge < -0.3 is 10.1 Å². The van der Waals surface area contributed by atoms with Gasteiger partial charge in [-0.15, -0.1) is 0 Å². The average molecular weight is 191 g/mol. The fraction of sp³-hybridized carbons (Fsp3) is 0.500. The highest BCUT2D eigenvalue weighted by Crippen LogP contribution is 2.31. The van der Waals surface area contributed by atoms with Crippen molar-refractivity contribution in [3.05, 3.63) is 29.8 Å². The molecule has 1 aromatic rings. The third kappa shape index (κ3) is 1.90. The zero-order chi connectivity index (χ0) is 9.97. The molecule has 0 aliphatic carbocycles. The molecule has 1 unspecified atom stereocenters. The van der Waals surface area contributed by atoms with Crippen LogP contribution in [0.1, 0.15) is 31.9 Å². The second-order valence-electron chi connectivity index (χ2n) is 4.05. The van der Waals surface area contributed by atoms with E-state index in [0.29, 0.717) is 12.1 Å². The number of para-hydroxylation sites is 1. The molecule has 0 bridgehead atoms. The summed E-state index contributed by atoms with van der Waals surface area (Å²) in [5, 5.41) is 3.56. The number of rotatable bonds is 2. The second kappa shape index (κ2) is 4.01. The van der Waals surface area contributed by atoms with E-state index in [2.05, 4.69) is 31.3 Å². The van der Waals surface area contributed by atoms with Gasteiger partial charge in [0, 0.05) is 24.1 Å². The van der Waals surface area contributed by atoms with Crippen molar-refractivity contribution in [3.8, 4) is 5.75 Å². The van der Waals surface area contributed by atoms with Crippen LogP contribution in [0, 0.1) is 0 Å². The van der Waals surface area contributed by atoms with Gasteiger partial charge >= 0.3 is 0 Å². The van der Waals surface area contributed by atoms with E-state index in [0.717, 1.165) is 18.8 Å². The third-order valence-corrected chi connectivity index (χ3v) is 2.49. The molecule has 2 heteroatoms. The molecule has 1 aliphatic heterocycles. The number of hydrogen-bond donors (Lipinski definition) is 1. The summed E-state index contributed by atoms with van der Waals surface area (Å²) in [6.45, 7) is 5.18. The lowest BCUT2D eigenvalue weighted by molar-refractivity contribution is 0.247. The number of ether oxygens (including phenoxy) is 1. The lowest BCUT2D eigenvalue weighted by atomic mass is 10.00. The van der Waals surface area contributed by atoms with Crippen LogP contribution in [0.2, 0.25) is 0 Å². The maximum atomic E-state index is 5.60. The molecular formula is C12H17NO. The smallest absolute Gasteiger partial charge is 0.124 e. The SMILES string of the molecule is CC(C)NC1CCOc2ccccc21. The fourth-order valence-corrected chi connectivity index (χ4v) is 1.92. The summed E-state index contributed by atoms with van der Waals surface area (Å²) in [4.78, 5) is 0. The first-order valence-electron chi connectivity index (χ1n) is 5.25. The molecule has 1 aliphatic rings. The first-order chi connectivity index (χ1) is 6.77. The molecule has 0 saturated carbocycles. The van der Waals surface area contributed by atoms with Crippen molar-refractivity contribution in [2.75, 3.05) is 6.61 Å². The third-order valence-electron chi connectivity index (χ3n) is 2.49. The van der Waals surface area contributed by atoms with Crippen molar-refractivity contribution < 1.29 is 4.74 Å². The Labute approximate surface area is 85.3 Å². The number of benzene rings is 1. The summed E-state index contributed by atoms with van der Waals surface area (Å²) in [7, 11) is 0. The predicted molar refractivity (Wildman–Crippen MR) is 57.6 cm³/mol. The van der Waals surface area contributed by atoms with Gasteiger partial charge in [0.15, 0.2) is 0 Å². The summed E-state index contributed by atoms with van der Waals surface area (Å²) in [5.74, 6) is 1.04. The lowest BCUT2D eigenvalue weighted by Gasteiger charge is -2.28. The Hall–Kier alpha value is -1.02. The monoisotopic (exact) mass is 191 g/mol. The molecule has 0 spiro atoms. The zero-order valence-corrected chi connectivity index (χ0v) is 8.79. The normalized spacial score (nSPS) is 20.4. The van der Waals surface area contributed by atoms with Crippen LogP contribution in [-0.4, -0.2) is 12.6 Å². The minimum Gasteiger partial charge on any atom is -0.493 e. The molecule has 0 fully saturated rings. The summed E-state index contributed by atoms with van der Waals surface area (Å²) < 4.78 is 5.60. The molecule has 2 rings (SSSR count). The van der Waals surface area contributed by atoms with Gasteiger partial charge in [-0.1, -0.05) is 32.0 Å². The van der Waals surface area contributed by atoms with Crippen molar-refractivity contribution >= 4 is 0 Å². The molecule has 1 atom stereocenters. The number of nitrogens with one attached hydrogen (secondary N) is 1. The highest BCUT2D eigenvalue weighted by atomic mass is 16.5. The molecule has 0 amide bonds. The summed E-state index contributed by atoms with van der Waals surface area (Å²) in [6.07, 6.45) is 1.06. The van der Waals surface area contributed by atoms with Crippen LogP contribution in [-0.2, 0) is 0 Å². The molecule has 0 radical (unpaired) electrons. The second-order valence-corrected chi connectivity index (χ2v) is 4.05. The van der Waals surface area contributed by atoms with Crippen LogP contribution >= 0.6 is 0 Å². The lowest BCUT2D eigenvalue weighted by Crippen LogP contribution is -2.31. The van der Waals surface area contributed by atoms with Gasteiger partial charge in [-0.2, -0.15) is 0 Å². The van der Waals surface area contributed by atoms with Crippen LogP contribution < -0.4 is 10.1 Å². The summed E-state index contributed by atoms with van der Waals surface area (Å²) >= 11 is 0. The quantitative estimate of drug-likeness (QED) is 0.775. The molecule has 14 heavy (non-hydrogen) atoms. The van der Waals surface area contributed by atoms with E-state index in [9.17, 15) is 0 Å². The van der Waals surface area contributed by atoms with E-state index in [1.165, 1.54) is 5.56 Å².